The first-order chi connectivity index (χ1) is 9.04. The summed E-state index contributed by atoms with van der Waals surface area (Å²) in [6.07, 6.45) is 1.89. The van der Waals surface area contributed by atoms with Gasteiger partial charge in [0.05, 0.1) is 11.7 Å². The van der Waals surface area contributed by atoms with Crippen molar-refractivity contribution in [1.82, 2.24) is 10.4 Å². The molecule has 3 nitrogen and oxygen atoms in total. The first-order valence-corrected chi connectivity index (χ1v) is 6.50. The van der Waals surface area contributed by atoms with Gasteiger partial charge >= 0.3 is 0 Å². The molecule has 100 valence electrons. The fourth-order valence-corrected chi connectivity index (χ4v) is 2.43. The van der Waals surface area contributed by atoms with Crippen LogP contribution in [0, 0.1) is 27.7 Å². The normalized spacial score (nSPS) is 12.5. The van der Waals surface area contributed by atoms with Crippen LogP contribution >= 0.6 is 0 Å². The molecule has 0 amide bonds. The van der Waals surface area contributed by atoms with Crippen molar-refractivity contribution < 1.29 is 0 Å². The Labute approximate surface area is 114 Å². The number of benzene rings is 1. The van der Waals surface area contributed by atoms with Crippen LogP contribution in [0.25, 0.3) is 0 Å². The predicted molar refractivity (Wildman–Crippen MR) is 78.8 cm³/mol. The van der Waals surface area contributed by atoms with E-state index in [1.54, 1.807) is 0 Å². The Hall–Kier alpha value is -1.71. The van der Waals surface area contributed by atoms with Crippen molar-refractivity contribution in [2.75, 3.05) is 0 Å². The molecular formula is C16H21N3. The highest BCUT2D eigenvalue weighted by Gasteiger charge is 2.18. The zero-order valence-corrected chi connectivity index (χ0v) is 12.0. The van der Waals surface area contributed by atoms with Crippen LogP contribution in [-0.4, -0.2) is 4.98 Å². The lowest BCUT2D eigenvalue weighted by atomic mass is 9.93. The van der Waals surface area contributed by atoms with E-state index in [0.717, 1.165) is 16.8 Å². The van der Waals surface area contributed by atoms with E-state index in [1.165, 1.54) is 16.7 Å². The Morgan fingerprint density at radius 2 is 1.84 bits per heavy atom. The molecule has 2 rings (SSSR count). The topological polar surface area (TPSA) is 50.9 Å². The van der Waals surface area contributed by atoms with Crippen molar-refractivity contribution in [3.8, 4) is 0 Å². The summed E-state index contributed by atoms with van der Waals surface area (Å²) < 4.78 is 0. The highest BCUT2D eigenvalue weighted by Crippen LogP contribution is 2.26. The minimum Gasteiger partial charge on any atom is -0.271 e. The van der Waals surface area contributed by atoms with E-state index in [-0.39, 0.29) is 6.04 Å². The minimum absolute atomic E-state index is 0.0690. The zero-order chi connectivity index (χ0) is 14.0. The fourth-order valence-electron chi connectivity index (χ4n) is 2.43. The maximum Gasteiger partial charge on any atom is 0.0886 e. The van der Waals surface area contributed by atoms with Gasteiger partial charge in [-0.15, -0.1) is 0 Å². The predicted octanol–water partition coefficient (Wildman–Crippen LogP) is 2.87. The van der Waals surface area contributed by atoms with Gasteiger partial charge in [0, 0.05) is 6.20 Å². The largest absolute Gasteiger partial charge is 0.271 e. The van der Waals surface area contributed by atoms with Gasteiger partial charge in [0.25, 0.3) is 0 Å². The molecule has 1 aromatic heterocycles. The van der Waals surface area contributed by atoms with Gasteiger partial charge < -0.3 is 0 Å². The number of hydrogen-bond donors (Lipinski definition) is 2. The number of nitrogens with zero attached hydrogens (tertiary/aromatic N) is 1. The summed E-state index contributed by atoms with van der Waals surface area (Å²) in [5.41, 5.74) is 9.91. The Balaban J connectivity index is 2.53. The molecule has 1 heterocycles. The number of rotatable bonds is 3. The van der Waals surface area contributed by atoms with E-state index in [1.807, 2.05) is 13.1 Å². The number of nitrogens with one attached hydrogen (secondary N) is 1. The Bertz CT molecular complexity index is 591. The molecule has 0 bridgehead atoms. The summed E-state index contributed by atoms with van der Waals surface area (Å²) in [5, 5.41) is 0. The number of aryl methyl sites for hydroxylation is 3. The van der Waals surface area contributed by atoms with E-state index in [2.05, 4.69) is 55.4 Å². The molecule has 0 aliphatic rings. The van der Waals surface area contributed by atoms with Gasteiger partial charge in [-0.05, 0) is 55.5 Å². The third-order valence-corrected chi connectivity index (χ3v) is 3.65. The highest BCUT2D eigenvalue weighted by molar-refractivity contribution is 5.41. The van der Waals surface area contributed by atoms with Crippen LogP contribution in [0.2, 0.25) is 0 Å². The lowest BCUT2D eigenvalue weighted by Crippen LogP contribution is -2.30. The molecule has 1 atom stereocenters. The quantitative estimate of drug-likeness (QED) is 0.655. The molecular weight excluding hydrogens is 234 g/mol. The molecule has 0 saturated carbocycles. The summed E-state index contributed by atoms with van der Waals surface area (Å²) >= 11 is 0. The molecule has 3 heteroatoms. The number of nitrogens with two attached hydrogens (primary N) is 1. The first-order valence-electron chi connectivity index (χ1n) is 6.50. The van der Waals surface area contributed by atoms with Crippen LogP contribution in [0.5, 0.6) is 0 Å². The van der Waals surface area contributed by atoms with Crippen LogP contribution in [0.4, 0.5) is 0 Å². The molecule has 0 aliphatic carbocycles. The Morgan fingerprint density at radius 1 is 1.11 bits per heavy atom. The van der Waals surface area contributed by atoms with Crippen LogP contribution < -0.4 is 11.3 Å². The van der Waals surface area contributed by atoms with E-state index >= 15 is 0 Å². The summed E-state index contributed by atoms with van der Waals surface area (Å²) in [6.45, 7) is 8.36. The Kier molecular flexibility index (Phi) is 3.98. The van der Waals surface area contributed by atoms with Gasteiger partial charge in [0.15, 0.2) is 0 Å². The number of pyridine rings is 1. The summed E-state index contributed by atoms with van der Waals surface area (Å²) in [5.74, 6) is 5.77. The van der Waals surface area contributed by atoms with E-state index < -0.39 is 0 Å². The van der Waals surface area contributed by atoms with Gasteiger partial charge in [-0.3, -0.25) is 10.8 Å². The standard InChI is InChI=1S/C16H21N3/c1-10-8-12(3)15(18-9-10)16(19-17)14-7-5-6-11(2)13(14)4/h5-9,16,19H,17H2,1-4H3. The zero-order valence-electron chi connectivity index (χ0n) is 12.0. The van der Waals surface area contributed by atoms with Crippen LogP contribution in [-0.2, 0) is 0 Å². The molecule has 1 aromatic carbocycles. The first kappa shape index (κ1) is 13.7. The number of hydrogen-bond acceptors (Lipinski definition) is 3. The van der Waals surface area contributed by atoms with Gasteiger partial charge in [0.2, 0.25) is 0 Å². The van der Waals surface area contributed by atoms with Crippen molar-refractivity contribution in [2.45, 2.75) is 33.7 Å². The number of aromatic nitrogens is 1. The van der Waals surface area contributed by atoms with Gasteiger partial charge in [-0.25, -0.2) is 5.43 Å². The SMILES string of the molecule is Cc1cnc(C(NN)c2cccc(C)c2C)c(C)c1. The molecule has 0 radical (unpaired) electrons. The van der Waals surface area contributed by atoms with Crippen molar-refractivity contribution in [1.29, 1.82) is 0 Å². The van der Waals surface area contributed by atoms with Crippen molar-refractivity contribution in [3.63, 3.8) is 0 Å². The number of hydrazine groups is 1. The van der Waals surface area contributed by atoms with Crippen molar-refractivity contribution in [2.24, 2.45) is 5.84 Å². The Morgan fingerprint density at radius 3 is 2.47 bits per heavy atom. The van der Waals surface area contributed by atoms with Crippen LogP contribution in [0.15, 0.2) is 30.5 Å². The monoisotopic (exact) mass is 255 g/mol. The lowest BCUT2D eigenvalue weighted by molar-refractivity contribution is 0.613. The van der Waals surface area contributed by atoms with E-state index in [9.17, 15) is 0 Å². The third kappa shape index (κ3) is 2.67. The van der Waals surface area contributed by atoms with Crippen molar-refractivity contribution >= 4 is 0 Å². The minimum atomic E-state index is -0.0690. The maximum absolute atomic E-state index is 5.77. The second kappa shape index (κ2) is 5.51. The summed E-state index contributed by atoms with van der Waals surface area (Å²) in [6, 6.07) is 8.35. The molecule has 2 aromatic rings. The summed E-state index contributed by atoms with van der Waals surface area (Å²) in [4.78, 5) is 4.55. The molecule has 0 spiro atoms. The molecule has 1 unspecified atom stereocenters. The van der Waals surface area contributed by atoms with Crippen molar-refractivity contribution in [3.05, 3.63) is 64.0 Å². The van der Waals surface area contributed by atoms with Gasteiger partial charge in [-0.1, -0.05) is 24.3 Å². The smallest absolute Gasteiger partial charge is 0.0886 e. The van der Waals surface area contributed by atoms with E-state index in [4.69, 9.17) is 5.84 Å². The molecule has 19 heavy (non-hydrogen) atoms. The maximum atomic E-state index is 5.77. The average Bonchev–Trinajstić information content (AvgIpc) is 2.37. The molecule has 0 saturated heterocycles. The highest BCUT2D eigenvalue weighted by atomic mass is 15.2. The molecule has 0 aliphatic heterocycles. The molecule has 0 fully saturated rings. The van der Waals surface area contributed by atoms with Gasteiger partial charge in [-0.2, -0.15) is 0 Å². The molecule has 3 N–H and O–H groups in total. The fraction of sp³-hybridized carbons (Fsp3) is 0.312. The van der Waals surface area contributed by atoms with Crippen LogP contribution in [0.1, 0.15) is 39.6 Å². The average molecular weight is 255 g/mol. The van der Waals surface area contributed by atoms with Gasteiger partial charge in [0.1, 0.15) is 0 Å². The second-order valence-electron chi connectivity index (χ2n) is 5.10. The second-order valence-corrected chi connectivity index (χ2v) is 5.10. The third-order valence-electron chi connectivity index (χ3n) is 3.65. The van der Waals surface area contributed by atoms with E-state index in [0.29, 0.717) is 0 Å². The van der Waals surface area contributed by atoms with Crippen LogP contribution in [0.3, 0.4) is 0 Å². The lowest BCUT2D eigenvalue weighted by Gasteiger charge is -2.21. The summed E-state index contributed by atoms with van der Waals surface area (Å²) in [7, 11) is 0.